The molecule has 150 valence electrons. The third kappa shape index (κ3) is 3.76. The third-order valence-corrected chi connectivity index (χ3v) is 6.44. The number of nitrogens with zero attached hydrogens (tertiary/aromatic N) is 4. The Morgan fingerprint density at radius 3 is 2.59 bits per heavy atom. The minimum absolute atomic E-state index is 0.0900. The predicted molar refractivity (Wildman–Crippen MR) is 114 cm³/mol. The van der Waals surface area contributed by atoms with Crippen molar-refractivity contribution in [3.63, 3.8) is 0 Å². The number of aromatic nitrogens is 4. The molecule has 9 heteroatoms. The highest BCUT2D eigenvalue weighted by Gasteiger charge is 2.29. The normalized spacial score (nSPS) is 18.2. The lowest BCUT2D eigenvalue weighted by Gasteiger charge is -2.24. The Kier molecular flexibility index (Phi) is 5.60. The van der Waals surface area contributed by atoms with Gasteiger partial charge in [0.2, 0.25) is 5.71 Å². The lowest BCUT2D eigenvalue weighted by molar-refractivity contribution is 0.507. The van der Waals surface area contributed by atoms with Gasteiger partial charge in [0, 0.05) is 45.7 Å². The Morgan fingerprint density at radius 1 is 1.17 bits per heavy atom. The molecule has 1 aliphatic rings. The zero-order valence-electron chi connectivity index (χ0n) is 15.8. The monoisotopic (exact) mass is 476 g/mol. The number of benzene rings is 1. The van der Waals surface area contributed by atoms with E-state index >= 15 is 0 Å². The summed E-state index contributed by atoms with van der Waals surface area (Å²) in [4.78, 5) is 8.60. The number of halogens is 2. The van der Waals surface area contributed by atoms with Gasteiger partial charge in [-0.15, -0.1) is 0 Å². The van der Waals surface area contributed by atoms with Crippen LogP contribution in [0.15, 0.2) is 51.9 Å². The second-order valence-electron chi connectivity index (χ2n) is 6.30. The van der Waals surface area contributed by atoms with Gasteiger partial charge in [-0.2, -0.15) is 5.10 Å². The zero-order chi connectivity index (χ0) is 20.5. The van der Waals surface area contributed by atoms with Crippen LogP contribution in [0.1, 0.15) is 19.9 Å². The van der Waals surface area contributed by atoms with E-state index in [1.807, 2.05) is 30.8 Å². The van der Waals surface area contributed by atoms with E-state index in [0.717, 1.165) is 16.5 Å². The maximum absolute atomic E-state index is 13.4. The lowest BCUT2D eigenvalue weighted by Crippen LogP contribution is -2.33. The van der Waals surface area contributed by atoms with Gasteiger partial charge < -0.3 is 4.42 Å². The van der Waals surface area contributed by atoms with E-state index in [2.05, 4.69) is 25.9 Å². The Morgan fingerprint density at radius 2 is 1.90 bits per heavy atom. The van der Waals surface area contributed by atoms with Crippen LogP contribution in [-0.2, 0) is 10.8 Å². The van der Waals surface area contributed by atoms with Crippen molar-refractivity contribution in [3.8, 4) is 22.5 Å². The number of furan rings is 1. The van der Waals surface area contributed by atoms with Crippen LogP contribution in [0.2, 0.25) is 0 Å². The van der Waals surface area contributed by atoms with Crippen molar-refractivity contribution in [2.75, 3.05) is 11.5 Å². The molecule has 0 bridgehead atoms. The molecule has 0 spiro atoms. The molecule has 0 radical (unpaired) electrons. The van der Waals surface area contributed by atoms with Crippen LogP contribution in [0, 0.1) is 5.82 Å². The Bertz CT molecular complexity index is 1180. The number of hydrogen-bond donors (Lipinski definition) is 0. The van der Waals surface area contributed by atoms with Gasteiger partial charge in [-0.1, -0.05) is 13.8 Å². The topological polar surface area (TPSA) is 73.8 Å². The van der Waals surface area contributed by atoms with Crippen LogP contribution in [-0.4, -0.2) is 35.5 Å². The molecular weight excluding hydrogens is 459 g/mol. The average Bonchev–Trinajstić information content (AvgIpc) is 3.30. The molecule has 1 aliphatic heterocycles. The van der Waals surface area contributed by atoms with Gasteiger partial charge in [0.1, 0.15) is 17.8 Å². The van der Waals surface area contributed by atoms with Crippen molar-refractivity contribution in [1.82, 2.24) is 19.7 Å². The van der Waals surface area contributed by atoms with Crippen molar-refractivity contribution < 1.29 is 13.0 Å². The molecule has 0 amide bonds. The van der Waals surface area contributed by atoms with Gasteiger partial charge in [-0.3, -0.25) is 8.89 Å². The van der Waals surface area contributed by atoms with Gasteiger partial charge in [0.25, 0.3) is 0 Å². The second kappa shape index (κ2) is 8.16. The standard InChI is InChI=1S/C18H12BrFN4O2S.C2H6/c19-15-5-13-17(21-9-22-18(13)26-15)14-6-24(12-7-27(25)8-12)23-16(14)10-1-3-11(20)4-2-10;1-2/h1-6,9,12H,7-8H2;1-2H3. The Balaban J connectivity index is 0.000000994. The maximum Gasteiger partial charge on any atom is 0.231 e. The highest BCUT2D eigenvalue weighted by atomic mass is 79.9. The summed E-state index contributed by atoms with van der Waals surface area (Å²) in [5.74, 6) is 0.859. The summed E-state index contributed by atoms with van der Waals surface area (Å²) in [7, 11) is -0.788. The smallest absolute Gasteiger partial charge is 0.231 e. The van der Waals surface area contributed by atoms with Gasteiger partial charge in [0.15, 0.2) is 4.67 Å². The third-order valence-electron chi connectivity index (χ3n) is 4.53. The van der Waals surface area contributed by atoms with E-state index in [9.17, 15) is 8.60 Å². The van der Waals surface area contributed by atoms with E-state index in [0.29, 0.717) is 33.3 Å². The van der Waals surface area contributed by atoms with Crippen LogP contribution in [0.25, 0.3) is 33.6 Å². The molecule has 0 N–H and O–H groups in total. The summed E-state index contributed by atoms with van der Waals surface area (Å²) < 4.78 is 32.8. The Labute approximate surface area is 177 Å². The van der Waals surface area contributed by atoms with E-state index in [4.69, 9.17) is 9.52 Å². The average molecular weight is 477 g/mol. The molecule has 1 fully saturated rings. The minimum Gasteiger partial charge on any atom is -0.431 e. The molecular formula is C20H18BrFN4O2S. The van der Waals surface area contributed by atoms with Crippen molar-refractivity contribution in [2.24, 2.45) is 0 Å². The molecule has 4 heterocycles. The summed E-state index contributed by atoms with van der Waals surface area (Å²) in [6, 6.07) is 8.09. The highest BCUT2D eigenvalue weighted by Crippen LogP contribution is 2.37. The van der Waals surface area contributed by atoms with Crippen LogP contribution < -0.4 is 0 Å². The van der Waals surface area contributed by atoms with Crippen LogP contribution >= 0.6 is 15.9 Å². The largest absolute Gasteiger partial charge is 0.431 e. The van der Waals surface area contributed by atoms with E-state index in [1.165, 1.54) is 18.5 Å². The predicted octanol–water partition coefficient (Wildman–Crippen LogP) is 4.98. The quantitative estimate of drug-likeness (QED) is 0.416. The molecule has 3 aromatic heterocycles. The van der Waals surface area contributed by atoms with Crippen molar-refractivity contribution in [1.29, 1.82) is 0 Å². The van der Waals surface area contributed by atoms with Crippen molar-refractivity contribution in [2.45, 2.75) is 19.9 Å². The molecule has 0 aliphatic carbocycles. The van der Waals surface area contributed by atoms with Gasteiger partial charge in [0.05, 0.1) is 17.1 Å². The molecule has 29 heavy (non-hydrogen) atoms. The molecule has 0 atom stereocenters. The van der Waals surface area contributed by atoms with Crippen LogP contribution in [0.5, 0.6) is 0 Å². The summed E-state index contributed by atoms with van der Waals surface area (Å²) >= 11 is 3.33. The Hall–Kier alpha value is -2.39. The zero-order valence-corrected chi connectivity index (χ0v) is 18.2. The lowest BCUT2D eigenvalue weighted by atomic mass is 10.0. The first-order valence-corrected chi connectivity index (χ1v) is 11.5. The second-order valence-corrected chi connectivity index (χ2v) is 8.62. The fourth-order valence-corrected chi connectivity index (χ4v) is 4.60. The molecule has 0 saturated carbocycles. The molecule has 1 aromatic carbocycles. The molecule has 6 nitrogen and oxygen atoms in total. The van der Waals surface area contributed by atoms with E-state index in [1.54, 1.807) is 12.1 Å². The maximum atomic E-state index is 13.4. The number of rotatable bonds is 3. The molecule has 0 unspecified atom stereocenters. The van der Waals surface area contributed by atoms with Crippen molar-refractivity contribution >= 4 is 37.8 Å². The van der Waals surface area contributed by atoms with Crippen LogP contribution in [0.3, 0.4) is 0 Å². The minimum atomic E-state index is -0.788. The fourth-order valence-electron chi connectivity index (χ4n) is 3.15. The van der Waals surface area contributed by atoms with Crippen LogP contribution in [0.4, 0.5) is 4.39 Å². The summed E-state index contributed by atoms with van der Waals surface area (Å²) in [6.07, 6.45) is 3.35. The van der Waals surface area contributed by atoms with Gasteiger partial charge in [-0.05, 0) is 40.2 Å². The number of fused-ring (bicyclic) bond motifs is 1. The van der Waals surface area contributed by atoms with Gasteiger partial charge >= 0.3 is 0 Å². The molecule has 1 saturated heterocycles. The highest BCUT2D eigenvalue weighted by molar-refractivity contribution is 9.10. The SMILES string of the molecule is CC.O=S1CC(n2cc(-c3ncnc4oc(Br)cc34)c(-c3ccc(F)cc3)n2)C1. The summed E-state index contributed by atoms with van der Waals surface area (Å²) in [6.45, 7) is 4.00. The summed E-state index contributed by atoms with van der Waals surface area (Å²) in [5.41, 5.74) is 3.40. The van der Waals surface area contributed by atoms with E-state index in [-0.39, 0.29) is 11.9 Å². The molecule has 4 aromatic rings. The fraction of sp³-hybridized carbons (Fsp3) is 0.250. The van der Waals surface area contributed by atoms with E-state index < -0.39 is 10.8 Å². The first-order chi connectivity index (χ1) is 14.1. The summed E-state index contributed by atoms with van der Waals surface area (Å²) in [5, 5.41) is 5.47. The number of hydrogen-bond acceptors (Lipinski definition) is 5. The van der Waals surface area contributed by atoms with Gasteiger partial charge in [-0.25, -0.2) is 14.4 Å². The first kappa shape index (κ1) is 19.9. The molecule has 5 rings (SSSR count). The first-order valence-electron chi connectivity index (χ1n) is 9.19. The van der Waals surface area contributed by atoms with Crippen molar-refractivity contribution in [3.05, 3.63) is 53.3 Å².